The highest BCUT2D eigenvalue weighted by molar-refractivity contribution is 7.84. The number of nitrogens with zero attached hydrogens (tertiary/aromatic N) is 4. The Bertz CT molecular complexity index is 1170. The van der Waals surface area contributed by atoms with Crippen molar-refractivity contribution in [3.05, 3.63) is 66.4 Å². The van der Waals surface area contributed by atoms with Crippen molar-refractivity contribution in [2.24, 2.45) is 11.1 Å². The zero-order valence-corrected chi connectivity index (χ0v) is 17.4. The summed E-state index contributed by atoms with van der Waals surface area (Å²) in [5.74, 6) is 0.190. The lowest BCUT2D eigenvalue weighted by Gasteiger charge is -2.15. The first-order valence-corrected chi connectivity index (χ1v) is 11.3. The molecule has 1 aliphatic carbocycles. The molecule has 31 heavy (non-hydrogen) atoms. The van der Waals surface area contributed by atoms with Crippen molar-refractivity contribution < 1.29 is 17.4 Å². The maximum absolute atomic E-state index is 13.1. The van der Waals surface area contributed by atoms with Crippen LogP contribution in [0.1, 0.15) is 35.3 Å². The van der Waals surface area contributed by atoms with Crippen LogP contribution in [-0.4, -0.2) is 46.6 Å². The van der Waals surface area contributed by atoms with Gasteiger partial charge < -0.3 is 5.32 Å². The molecule has 2 atom stereocenters. The van der Waals surface area contributed by atoms with Crippen LogP contribution in [0.4, 0.5) is 5.82 Å². The minimum Gasteiger partial charge on any atom is -0.367 e. The summed E-state index contributed by atoms with van der Waals surface area (Å²) in [6.07, 6.45) is 6.82. The number of rotatable bonds is 8. The van der Waals surface area contributed by atoms with Gasteiger partial charge in [0.2, 0.25) is 5.78 Å². The molecule has 3 aromatic rings. The molecule has 3 N–H and O–H groups in total. The van der Waals surface area contributed by atoms with Crippen LogP contribution in [0.15, 0.2) is 55.1 Å². The second kappa shape index (κ2) is 8.92. The fraction of sp³-hybridized carbons (Fsp3) is 0.300. The van der Waals surface area contributed by atoms with Crippen molar-refractivity contribution >= 4 is 21.9 Å². The van der Waals surface area contributed by atoms with Crippen LogP contribution in [0.25, 0.3) is 5.69 Å². The normalized spacial score (nSPS) is 18.7. The molecule has 1 saturated carbocycles. The molecule has 0 radical (unpaired) electrons. The van der Waals surface area contributed by atoms with E-state index in [4.69, 9.17) is 9.32 Å². The van der Waals surface area contributed by atoms with Crippen molar-refractivity contribution in [1.29, 1.82) is 0 Å². The van der Waals surface area contributed by atoms with E-state index >= 15 is 0 Å². The lowest BCUT2D eigenvalue weighted by atomic mass is 10.1. The molecule has 2 heterocycles. The van der Waals surface area contributed by atoms with Gasteiger partial charge in [-0.05, 0) is 43.4 Å². The average Bonchev–Trinajstić information content (AvgIpc) is 3.42. The second-order valence-electron chi connectivity index (χ2n) is 7.39. The summed E-state index contributed by atoms with van der Waals surface area (Å²) >= 11 is 0. The molecular weight excluding hydrogens is 420 g/mol. The van der Waals surface area contributed by atoms with E-state index in [9.17, 15) is 13.2 Å². The van der Waals surface area contributed by atoms with Gasteiger partial charge in [0.25, 0.3) is 0 Å². The van der Waals surface area contributed by atoms with Gasteiger partial charge >= 0.3 is 10.3 Å². The number of nitrogens with two attached hydrogens (primary N) is 1. The van der Waals surface area contributed by atoms with Crippen LogP contribution in [0, 0.1) is 5.92 Å². The van der Waals surface area contributed by atoms with Crippen LogP contribution in [-0.2, 0) is 14.5 Å². The number of carbonyl (C=O) groups is 1. The molecular formula is C20H22N6O4S. The smallest absolute Gasteiger partial charge is 0.333 e. The minimum atomic E-state index is -3.95. The van der Waals surface area contributed by atoms with Gasteiger partial charge in [0.05, 0.1) is 17.9 Å². The largest absolute Gasteiger partial charge is 0.367 e. The van der Waals surface area contributed by atoms with E-state index in [0.717, 1.165) is 18.5 Å². The highest BCUT2D eigenvalue weighted by atomic mass is 32.2. The monoisotopic (exact) mass is 442 g/mol. The zero-order valence-electron chi connectivity index (χ0n) is 16.6. The molecule has 0 amide bonds. The number of para-hydroxylation sites is 1. The molecule has 4 rings (SSSR count). The Hall–Kier alpha value is -3.15. The first-order chi connectivity index (χ1) is 14.9. The van der Waals surface area contributed by atoms with Gasteiger partial charge in [-0.15, -0.1) is 0 Å². The number of aromatic nitrogens is 4. The maximum Gasteiger partial charge on any atom is 0.333 e. The molecule has 1 aliphatic rings. The third-order valence-electron chi connectivity index (χ3n) is 5.15. The Kier molecular flexibility index (Phi) is 6.07. The van der Waals surface area contributed by atoms with Gasteiger partial charge in [0, 0.05) is 18.4 Å². The standard InChI is InChI=1S/C20H22N6O4S/c21-31(28,29)30-12-14-6-7-15(10-14)24-20-17(11-22-13-23-20)19(27)18-8-9-26(25-18)16-4-2-1-3-5-16/h1-5,8-9,11,13-15H,6-7,10,12H2,(H2,21,28,29)(H,22,23,24)/t14-,15+/m1/s1. The lowest BCUT2D eigenvalue weighted by molar-refractivity contribution is 0.103. The van der Waals surface area contributed by atoms with Gasteiger partial charge in [-0.1, -0.05) is 18.2 Å². The predicted octanol–water partition coefficient (Wildman–Crippen LogP) is 1.69. The van der Waals surface area contributed by atoms with Crippen molar-refractivity contribution in [2.45, 2.75) is 25.3 Å². The van der Waals surface area contributed by atoms with E-state index < -0.39 is 10.3 Å². The van der Waals surface area contributed by atoms with Gasteiger partial charge in [-0.25, -0.2) is 19.8 Å². The summed E-state index contributed by atoms with van der Waals surface area (Å²) in [6, 6.07) is 11.2. The second-order valence-corrected chi connectivity index (χ2v) is 8.61. The summed E-state index contributed by atoms with van der Waals surface area (Å²) < 4.78 is 28.3. The van der Waals surface area contributed by atoms with Crippen molar-refractivity contribution in [1.82, 2.24) is 19.7 Å². The zero-order chi connectivity index (χ0) is 21.8. The molecule has 1 fully saturated rings. The van der Waals surface area contributed by atoms with Crippen LogP contribution < -0.4 is 10.5 Å². The highest BCUT2D eigenvalue weighted by Gasteiger charge is 2.28. The highest BCUT2D eigenvalue weighted by Crippen LogP contribution is 2.29. The third kappa shape index (κ3) is 5.32. The van der Waals surface area contributed by atoms with Crippen molar-refractivity contribution in [3.63, 3.8) is 0 Å². The summed E-state index contributed by atoms with van der Waals surface area (Å²) in [5.41, 5.74) is 1.46. The summed E-state index contributed by atoms with van der Waals surface area (Å²) in [7, 11) is -3.95. The number of anilines is 1. The Labute approximate surface area is 179 Å². The van der Waals surface area contributed by atoms with E-state index in [1.807, 2.05) is 30.3 Å². The van der Waals surface area contributed by atoms with Crippen LogP contribution in [0.5, 0.6) is 0 Å². The molecule has 0 bridgehead atoms. The third-order valence-corrected chi connectivity index (χ3v) is 5.61. The summed E-state index contributed by atoms with van der Waals surface area (Å²) in [6.45, 7) is 0.0451. The van der Waals surface area contributed by atoms with E-state index in [-0.39, 0.29) is 30.0 Å². The van der Waals surface area contributed by atoms with E-state index in [1.54, 1.807) is 16.9 Å². The fourth-order valence-electron chi connectivity index (χ4n) is 3.66. The number of carbonyl (C=O) groups excluding carboxylic acids is 1. The Morgan fingerprint density at radius 1 is 1.23 bits per heavy atom. The molecule has 10 nitrogen and oxygen atoms in total. The van der Waals surface area contributed by atoms with Gasteiger partial charge in [0.15, 0.2) is 0 Å². The number of nitrogens with one attached hydrogen (secondary N) is 1. The quantitative estimate of drug-likeness (QED) is 0.502. The van der Waals surface area contributed by atoms with Gasteiger partial charge in [-0.3, -0.25) is 8.98 Å². The van der Waals surface area contributed by atoms with Crippen molar-refractivity contribution in [2.75, 3.05) is 11.9 Å². The Balaban J connectivity index is 1.46. The van der Waals surface area contributed by atoms with Crippen LogP contribution >= 0.6 is 0 Å². The SMILES string of the molecule is NS(=O)(=O)OC[C@@H]1CC[C@H](Nc2ncncc2C(=O)c2ccn(-c3ccccc3)n2)C1. The molecule has 0 aliphatic heterocycles. The number of hydrogen-bond donors (Lipinski definition) is 2. The lowest BCUT2D eigenvalue weighted by Crippen LogP contribution is -2.22. The molecule has 0 unspecified atom stereocenters. The van der Waals surface area contributed by atoms with Gasteiger partial charge in [0.1, 0.15) is 17.8 Å². The van der Waals surface area contributed by atoms with E-state index in [1.165, 1.54) is 12.5 Å². The van der Waals surface area contributed by atoms with Crippen LogP contribution in [0.3, 0.4) is 0 Å². The minimum absolute atomic E-state index is 0.0254. The maximum atomic E-state index is 13.1. The molecule has 1 aromatic carbocycles. The molecule has 0 spiro atoms. The predicted molar refractivity (Wildman–Crippen MR) is 113 cm³/mol. The topological polar surface area (TPSA) is 142 Å². The first kappa shape index (κ1) is 21.1. The van der Waals surface area contributed by atoms with E-state index in [2.05, 4.69) is 20.4 Å². The summed E-state index contributed by atoms with van der Waals surface area (Å²) in [4.78, 5) is 21.3. The molecule has 2 aromatic heterocycles. The molecule has 11 heteroatoms. The fourth-order valence-corrected chi connectivity index (χ4v) is 4.04. The van der Waals surface area contributed by atoms with Gasteiger partial charge in [-0.2, -0.15) is 13.5 Å². The average molecular weight is 443 g/mol. The number of benzene rings is 1. The Morgan fingerprint density at radius 3 is 2.81 bits per heavy atom. The van der Waals surface area contributed by atoms with Crippen molar-refractivity contribution in [3.8, 4) is 5.69 Å². The molecule has 0 saturated heterocycles. The first-order valence-electron chi connectivity index (χ1n) is 9.78. The van der Waals surface area contributed by atoms with E-state index in [0.29, 0.717) is 17.8 Å². The number of ketones is 1. The molecule has 162 valence electrons. The summed E-state index contributed by atoms with van der Waals surface area (Å²) in [5, 5.41) is 12.6. The Morgan fingerprint density at radius 2 is 2.03 bits per heavy atom. The van der Waals surface area contributed by atoms with Crippen LogP contribution in [0.2, 0.25) is 0 Å². The number of hydrogen-bond acceptors (Lipinski definition) is 8.